The van der Waals surface area contributed by atoms with E-state index in [-0.39, 0.29) is 18.5 Å². The van der Waals surface area contributed by atoms with Crippen LogP contribution < -0.4 is 5.32 Å². The number of aliphatic hydroxyl groups is 2. The zero-order chi connectivity index (χ0) is 52.9. The van der Waals surface area contributed by atoms with Crippen molar-refractivity contribution in [1.29, 1.82) is 0 Å². The van der Waals surface area contributed by atoms with E-state index in [4.69, 9.17) is 4.74 Å². The first kappa shape index (κ1) is 71.3. The van der Waals surface area contributed by atoms with Crippen molar-refractivity contribution in [2.75, 3.05) is 13.2 Å². The van der Waals surface area contributed by atoms with Crippen molar-refractivity contribution < 1.29 is 24.5 Å². The maximum Gasteiger partial charge on any atom is 0.305 e. The predicted molar refractivity (Wildman–Crippen MR) is 320 cm³/mol. The molecule has 0 saturated carbocycles. The molecular formula is C67H129NO5. The number of unbranched alkanes of at least 4 members (excludes halogenated alkanes) is 48. The maximum absolute atomic E-state index is 12.5. The number of carbonyl (C=O) groups is 2. The molecule has 0 aliphatic heterocycles. The van der Waals surface area contributed by atoms with Gasteiger partial charge < -0.3 is 20.3 Å². The third-order valence-corrected chi connectivity index (χ3v) is 15.5. The number of aliphatic hydroxyl groups excluding tert-OH is 2. The van der Waals surface area contributed by atoms with E-state index in [9.17, 15) is 19.8 Å². The Morgan fingerprint density at radius 1 is 0.384 bits per heavy atom. The second-order valence-electron chi connectivity index (χ2n) is 22.8. The van der Waals surface area contributed by atoms with Crippen LogP contribution in [-0.2, 0) is 14.3 Å². The smallest absolute Gasteiger partial charge is 0.305 e. The van der Waals surface area contributed by atoms with Crippen molar-refractivity contribution >= 4 is 11.9 Å². The number of allylic oxidation sites excluding steroid dienone is 4. The summed E-state index contributed by atoms with van der Waals surface area (Å²) in [6.45, 7) is 4.95. The van der Waals surface area contributed by atoms with Gasteiger partial charge in [-0.1, -0.05) is 321 Å². The quantitative estimate of drug-likeness (QED) is 0.0320. The lowest BCUT2D eigenvalue weighted by molar-refractivity contribution is -0.143. The molecule has 2 atom stereocenters. The number of nitrogens with one attached hydrogen (secondary N) is 1. The van der Waals surface area contributed by atoms with Gasteiger partial charge in [0.1, 0.15) is 0 Å². The first-order chi connectivity index (χ1) is 36.0. The highest BCUT2D eigenvalue weighted by Gasteiger charge is 2.20. The van der Waals surface area contributed by atoms with Gasteiger partial charge in [-0.25, -0.2) is 0 Å². The lowest BCUT2D eigenvalue weighted by Crippen LogP contribution is -2.45. The molecule has 6 heteroatoms. The Morgan fingerprint density at radius 3 is 1.01 bits per heavy atom. The number of esters is 1. The van der Waals surface area contributed by atoms with Gasteiger partial charge in [-0.2, -0.15) is 0 Å². The van der Waals surface area contributed by atoms with E-state index < -0.39 is 12.1 Å². The molecule has 2 unspecified atom stereocenters. The van der Waals surface area contributed by atoms with E-state index in [0.29, 0.717) is 25.9 Å². The zero-order valence-corrected chi connectivity index (χ0v) is 49.4. The Morgan fingerprint density at radius 2 is 0.671 bits per heavy atom. The molecule has 0 radical (unpaired) electrons. The summed E-state index contributed by atoms with van der Waals surface area (Å²) in [6.07, 6.45) is 77.7. The Labute approximate surface area is 456 Å². The number of amides is 1. The van der Waals surface area contributed by atoms with Crippen LogP contribution in [0.1, 0.15) is 367 Å². The summed E-state index contributed by atoms with van der Waals surface area (Å²) in [5.74, 6) is -0.0494. The summed E-state index contributed by atoms with van der Waals surface area (Å²) in [7, 11) is 0. The molecule has 0 fully saturated rings. The van der Waals surface area contributed by atoms with Gasteiger partial charge >= 0.3 is 5.97 Å². The minimum atomic E-state index is -0.672. The number of hydrogen-bond acceptors (Lipinski definition) is 5. The van der Waals surface area contributed by atoms with Crippen LogP contribution in [0.5, 0.6) is 0 Å². The minimum absolute atomic E-state index is 0.00775. The summed E-state index contributed by atoms with van der Waals surface area (Å²) in [5, 5.41) is 23.3. The van der Waals surface area contributed by atoms with Crippen LogP contribution in [0, 0.1) is 0 Å². The van der Waals surface area contributed by atoms with Crippen molar-refractivity contribution in [2.24, 2.45) is 0 Å². The van der Waals surface area contributed by atoms with Gasteiger partial charge in [-0.15, -0.1) is 0 Å². The minimum Gasteiger partial charge on any atom is -0.466 e. The van der Waals surface area contributed by atoms with Crippen molar-refractivity contribution in [2.45, 2.75) is 379 Å². The molecular weight excluding hydrogens is 899 g/mol. The fourth-order valence-corrected chi connectivity index (χ4v) is 10.5. The zero-order valence-electron chi connectivity index (χ0n) is 49.4. The normalized spacial score (nSPS) is 12.7. The van der Waals surface area contributed by atoms with Crippen molar-refractivity contribution in [3.63, 3.8) is 0 Å². The average molecular weight is 1030 g/mol. The molecule has 0 aliphatic carbocycles. The van der Waals surface area contributed by atoms with Gasteiger partial charge in [0, 0.05) is 12.8 Å². The molecule has 432 valence electrons. The van der Waals surface area contributed by atoms with Gasteiger partial charge in [-0.05, 0) is 57.8 Å². The van der Waals surface area contributed by atoms with E-state index in [1.165, 1.54) is 263 Å². The Hall–Kier alpha value is -1.66. The average Bonchev–Trinajstić information content (AvgIpc) is 3.39. The Kier molecular flexibility index (Phi) is 61.4. The molecule has 0 saturated heterocycles. The third-order valence-electron chi connectivity index (χ3n) is 15.5. The highest BCUT2D eigenvalue weighted by Crippen LogP contribution is 2.18. The first-order valence-corrected chi connectivity index (χ1v) is 33.1. The summed E-state index contributed by atoms with van der Waals surface area (Å²) >= 11 is 0. The summed E-state index contributed by atoms with van der Waals surface area (Å²) < 4.78 is 5.48. The van der Waals surface area contributed by atoms with Crippen LogP contribution in [-0.4, -0.2) is 47.4 Å². The highest BCUT2D eigenvalue weighted by molar-refractivity contribution is 5.76. The molecule has 0 spiro atoms. The fraction of sp³-hybridized carbons (Fsp3) is 0.910. The molecule has 3 N–H and O–H groups in total. The Bertz CT molecular complexity index is 1140. The molecule has 0 aliphatic rings. The summed E-state index contributed by atoms with van der Waals surface area (Å²) in [6, 6.07) is -0.550. The first-order valence-electron chi connectivity index (χ1n) is 33.1. The van der Waals surface area contributed by atoms with Gasteiger partial charge in [0.15, 0.2) is 0 Å². The largest absolute Gasteiger partial charge is 0.466 e. The summed E-state index contributed by atoms with van der Waals surface area (Å²) in [5.41, 5.74) is 0. The van der Waals surface area contributed by atoms with E-state index in [2.05, 4.69) is 43.5 Å². The van der Waals surface area contributed by atoms with Crippen molar-refractivity contribution in [3.8, 4) is 0 Å². The van der Waals surface area contributed by atoms with Crippen LogP contribution in [0.25, 0.3) is 0 Å². The van der Waals surface area contributed by atoms with Crippen LogP contribution in [0.3, 0.4) is 0 Å². The van der Waals surface area contributed by atoms with Crippen LogP contribution in [0.2, 0.25) is 0 Å². The summed E-state index contributed by atoms with van der Waals surface area (Å²) in [4.78, 5) is 24.6. The van der Waals surface area contributed by atoms with Gasteiger partial charge in [0.25, 0.3) is 0 Å². The molecule has 0 aromatic rings. The molecule has 0 heterocycles. The SMILES string of the molecule is CCCCCCCCCCCCCCCCCCCCCC(=O)OCCCCC/C=C\C=C/CCCCCCCCCCCCC(=O)NC(CO)C(O)CCCCCCCCCCCCCCCCCCCC. The standard InChI is InChI=1S/C67H129NO5/c1-3-5-7-9-11-13-15-17-19-21-24-29-33-37-41-45-49-53-57-61-67(72)73-62-58-54-50-46-42-38-34-30-26-23-25-28-32-36-40-44-48-52-56-60-66(71)68-64(63-69)65(70)59-55-51-47-43-39-35-31-27-22-20-18-16-14-12-10-8-6-4-2/h30,34,38,42,64-65,69-70H,3-29,31-33,35-37,39-41,43-63H2,1-2H3,(H,68,71)/b34-30-,42-38-. The second kappa shape index (κ2) is 62.9. The molecule has 73 heavy (non-hydrogen) atoms. The lowest BCUT2D eigenvalue weighted by Gasteiger charge is -2.22. The number of carbonyl (C=O) groups excluding carboxylic acids is 2. The molecule has 0 bridgehead atoms. The van der Waals surface area contributed by atoms with Gasteiger partial charge in [0.2, 0.25) is 5.91 Å². The number of hydrogen-bond donors (Lipinski definition) is 3. The van der Waals surface area contributed by atoms with Crippen LogP contribution in [0.4, 0.5) is 0 Å². The van der Waals surface area contributed by atoms with E-state index in [0.717, 1.165) is 70.6 Å². The maximum atomic E-state index is 12.5. The molecule has 0 rings (SSSR count). The highest BCUT2D eigenvalue weighted by atomic mass is 16.5. The van der Waals surface area contributed by atoms with E-state index in [1.54, 1.807) is 0 Å². The van der Waals surface area contributed by atoms with Crippen molar-refractivity contribution in [3.05, 3.63) is 24.3 Å². The molecule has 0 aromatic heterocycles. The topological polar surface area (TPSA) is 95.9 Å². The fourth-order valence-electron chi connectivity index (χ4n) is 10.5. The second-order valence-corrected chi connectivity index (χ2v) is 22.8. The van der Waals surface area contributed by atoms with E-state index in [1.807, 2.05) is 0 Å². The lowest BCUT2D eigenvalue weighted by atomic mass is 10.0. The van der Waals surface area contributed by atoms with Gasteiger partial charge in [-0.3, -0.25) is 9.59 Å². The number of ether oxygens (including phenoxy) is 1. The van der Waals surface area contributed by atoms with E-state index >= 15 is 0 Å². The molecule has 1 amide bonds. The van der Waals surface area contributed by atoms with Crippen molar-refractivity contribution in [1.82, 2.24) is 5.32 Å². The Balaban J connectivity index is 3.44. The van der Waals surface area contributed by atoms with Crippen LogP contribution >= 0.6 is 0 Å². The molecule has 6 nitrogen and oxygen atoms in total. The number of rotatable bonds is 62. The van der Waals surface area contributed by atoms with Crippen LogP contribution in [0.15, 0.2) is 24.3 Å². The molecule has 0 aromatic carbocycles. The monoisotopic (exact) mass is 1030 g/mol. The van der Waals surface area contributed by atoms with Gasteiger partial charge in [0.05, 0.1) is 25.4 Å². The predicted octanol–water partition coefficient (Wildman–Crippen LogP) is 21.0. The third kappa shape index (κ3) is 59.4.